The number of halogens is 1. The Morgan fingerprint density at radius 2 is 1.80 bits per heavy atom. The average Bonchev–Trinajstić information content (AvgIpc) is 3.04. The van der Waals surface area contributed by atoms with Gasteiger partial charge in [0.15, 0.2) is 0 Å². The normalized spacial score (nSPS) is 14.9. The summed E-state index contributed by atoms with van der Waals surface area (Å²) in [6.45, 7) is 3.26. The van der Waals surface area contributed by atoms with E-state index >= 15 is 0 Å². The van der Waals surface area contributed by atoms with Gasteiger partial charge in [0.1, 0.15) is 0 Å². The minimum atomic E-state index is 0.175. The maximum atomic E-state index is 12.7. The van der Waals surface area contributed by atoms with Crippen molar-refractivity contribution in [3.63, 3.8) is 0 Å². The molecular formula is C20H20ClN3O. The van der Waals surface area contributed by atoms with E-state index in [0.717, 1.165) is 42.6 Å². The van der Waals surface area contributed by atoms with Gasteiger partial charge in [-0.05, 0) is 35.9 Å². The van der Waals surface area contributed by atoms with Gasteiger partial charge in [0.2, 0.25) is 5.91 Å². The number of benzene rings is 2. The molecule has 0 saturated carbocycles. The Hall–Kier alpha value is -2.46. The maximum Gasteiger partial charge on any atom is 0.227 e. The van der Waals surface area contributed by atoms with Gasteiger partial charge < -0.3 is 14.8 Å². The van der Waals surface area contributed by atoms with Gasteiger partial charge in [-0.3, -0.25) is 4.79 Å². The van der Waals surface area contributed by atoms with Crippen LogP contribution in [0.25, 0.3) is 10.9 Å². The zero-order chi connectivity index (χ0) is 17.2. The van der Waals surface area contributed by atoms with Crippen LogP contribution in [-0.2, 0) is 11.2 Å². The van der Waals surface area contributed by atoms with Crippen LogP contribution in [0.4, 0.5) is 5.69 Å². The molecule has 0 unspecified atom stereocenters. The van der Waals surface area contributed by atoms with Crippen LogP contribution in [0.3, 0.4) is 0 Å². The van der Waals surface area contributed by atoms with Gasteiger partial charge in [0, 0.05) is 54.0 Å². The molecule has 2 heterocycles. The van der Waals surface area contributed by atoms with Crippen LogP contribution in [0.15, 0.2) is 54.7 Å². The third kappa shape index (κ3) is 3.35. The summed E-state index contributed by atoms with van der Waals surface area (Å²) in [5, 5.41) is 1.72. The van der Waals surface area contributed by atoms with Gasteiger partial charge in [0.25, 0.3) is 0 Å². The fourth-order valence-electron chi connectivity index (χ4n) is 3.42. The van der Waals surface area contributed by atoms with Crippen LogP contribution in [0.5, 0.6) is 0 Å². The summed E-state index contributed by atoms with van der Waals surface area (Å²) in [6.07, 6.45) is 2.32. The van der Waals surface area contributed by atoms with Crippen LogP contribution >= 0.6 is 11.6 Å². The first kappa shape index (κ1) is 16.0. The van der Waals surface area contributed by atoms with Crippen molar-refractivity contribution in [2.45, 2.75) is 6.42 Å². The molecule has 5 heteroatoms. The van der Waals surface area contributed by atoms with Crippen molar-refractivity contribution in [3.05, 3.63) is 65.3 Å². The summed E-state index contributed by atoms with van der Waals surface area (Å²) in [7, 11) is 0. The van der Waals surface area contributed by atoms with E-state index in [1.165, 1.54) is 5.69 Å². The summed E-state index contributed by atoms with van der Waals surface area (Å²) in [5.74, 6) is 0.175. The molecule has 0 spiro atoms. The Morgan fingerprint density at radius 3 is 2.56 bits per heavy atom. The molecule has 4 rings (SSSR count). The molecule has 1 aromatic heterocycles. The molecule has 0 bridgehead atoms. The number of piperazine rings is 1. The zero-order valence-electron chi connectivity index (χ0n) is 13.9. The molecule has 1 N–H and O–H groups in total. The Kier molecular flexibility index (Phi) is 4.36. The number of amides is 1. The molecule has 25 heavy (non-hydrogen) atoms. The Morgan fingerprint density at radius 1 is 1.04 bits per heavy atom. The summed E-state index contributed by atoms with van der Waals surface area (Å²) in [6, 6.07) is 16.1. The Bertz CT molecular complexity index is 882. The van der Waals surface area contributed by atoms with E-state index in [-0.39, 0.29) is 5.91 Å². The van der Waals surface area contributed by atoms with Crippen LogP contribution in [0.2, 0.25) is 5.02 Å². The van der Waals surface area contributed by atoms with Crippen molar-refractivity contribution in [1.29, 1.82) is 0 Å². The number of hydrogen-bond acceptors (Lipinski definition) is 2. The summed E-state index contributed by atoms with van der Waals surface area (Å²) in [4.78, 5) is 20.2. The number of hydrogen-bond donors (Lipinski definition) is 1. The first-order chi connectivity index (χ1) is 12.2. The molecular weight excluding hydrogens is 334 g/mol. The second-order valence-corrected chi connectivity index (χ2v) is 6.82. The highest BCUT2D eigenvalue weighted by atomic mass is 35.5. The number of aromatic nitrogens is 1. The molecule has 0 radical (unpaired) electrons. The van der Waals surface area contributed by atoms with E-state index in [4.69, 9.17) is 11.6 Å². The molecule has 3 aromatic rings. The van der Waals surface area contributed by atoms with Crippen LogP contribution < -0.4 is 4.90 Å². The fourth-order valence-corrected chi connectivity index (χ4v) is 3.60. The number of carbonyl (C=O) groups excluding carboxylic acids is 1. The first-order valence-corrected chi connectivity index (χ1v) is 8.92. The van der Waals surface area contributed by atoms with E-state index in [1.807, 2.05) is 35.4 Å². The number of nitrogens with one attached hydrogen (secondary N) is 1. The first-order valence-electron chi connectivity index (χ1n) is 8.54. The van der Waals surface area contributed by atoms with Crippen molar-refractivity contribution in [2.24, 2.45) is 0 Å². The van der Waals surface area contributed by atoms with Gasteiger partial charge in [-0.1, -0.05) is 29.8 Å². The molecule has 2 aromatic carbocycles. The van der Waals surface area contributed by atoms with Crippen LogP contribution in [0.1, 0.15) is 5.56 Å². The predicted molar refractivity (Wildman–Crippen MR) is 102 cm³/mol. The lowest BCUT2D eigenvalue weighted by Crippen LogP contribution is -2.49. The van der Waals surface area contributed by atoms with E-state index in [9.17, 15) is 4.79 Å². The van der Waals surface area contributed by atoms with Crippen molar-refractivity contribution in [2.75, 3.05) is 31.1 Å². The highest BCUT2D eigenvalue weighted by Crippen LogP contribution is 2.23. The van der Waals surface area contributed by atoms with E-state index in [1.54, 1.807) is 0 Å². The number of para-hydroxylation sites is 1. The number of aromatic amines is 1. The molecule has 1 aliphatic rings. The molecule has 0 atom stereocenters. The lowest BCUT2D eigenvalue weighted by Gasteiger charge is -2.36. The topological polar surface area (TPSA) is 39.3 Å². The van der Waals surface area contributed by atoms with Crippen molar-refractivity contribution < 1.29 is 4.79 Å². The summed E-state index contributed by atoms with van der Waals surface area (Å²) < 4.78 is 0. The van der Waals surface area contributed by atoms with E-state index < -0.39 is 0 Å². The quantitative estimate of drug-likeness (QED) is 0.779. The van der Waals surface area contributed by atoms with Gasteiger partial charge in [0.05, 0.1) is 6.42 Å². The second kappa shape index (κ2) is 6.81. The Balaban J connectivity index is 1.41. The monoisotopic (exact) mass is 353 g/mol. The van der Waals surface area contributed by atoms with Crippen LogP contribution in [-0.4, -0.2) is 42.0 Å². The fraction of sp³-hybridized carbons (Fsp3) is 0.250. The van der Waals surface area contributed by atoms with E-state index in [0.29, 0.717) is 11.4 Å². The van der Waals surface area contributed by atoms with Gasteiger partial charge in [-0.25, -0.2) is 0 Å². The third-order valence-electron chi connectivity index (χ3n) is 4.82. The zero-order valence-corrected chi connectivity index (χ0v) is 14.7. The lowest BCUT2D eigenvalue weighted by atomic mass is 10.1. The molecule has 1 saturated heterocycles. The number of fused-ring (bicyclic) bond motifs is 1. The smallest absolute Gasteiger partial charge is 0.227 e. The SMILES string of the molecule is O=C(Cc1c[nH]c2ccc(Cl)cc12)N1CCN(c2ccccc2)CC1. The lowest BCUT2D eigenvalue weighted by molar-refractivity contribution is -0.130. The highest BCUT2D eigenvalue weighted by Gasteiger charge is 2.22. The average molecular weight is 354 g/mol. The molecule has 4 nitrogen and oxygen atoms in total. The molecule has 1 fully saturated rings. The molecule has 128 valence electrons. The molecule has 1 aliphatic heterocycles. The third-order valence-corrected chi connectivity index (χ3v) is 5.06. The summed E-state index contributed by atoms with van der Waals surface area (Å²) in [5.41, 5.74) is 3.25. The maximum absolute atomic E-state index is 12.7. The number of anilines is 1. The molecule has 0 aliphatic carbocycles. The highest BCUT2D eigenvalue weighted by molar-refractivity contribution is 6.31. The molecule has 1 amide bonds. The van der Waals surface area contributed by atoms with Gasteiger partial charge >= 0.3 is 0 Å². The minimum absolute atomic E-state index is 0.175. The van der Waals surface area contributed by atoms with Crippen molar-refractivity contribution in [1.82, 2.24) is 9.88 Å². The van der Waals surface area contributed by atoms with E-state index in [2.05, 4.69) is 34.1 Å². The van der Waals surface area contributed by atoms with Crippen LogP contribution in [0, 0.1) is 0 Å². The van der Waals surface area contributed by atoms with Crippen molar-refractivity contribution in [3.8, 4) is 0 Å². The van der Waals surface area contributed by atoms with Crippen molar-refractivity contribution >= 4 is 34.1 Å². The number of rotatable bonds is 3. The Labute approximate surface area is 152 Å². The standard InChI is InChI=1S/C20H20ClN3O/c21-16-6-7-19-18(13-16)15(14-22-19)12-20(25)24-10-8-23(9-11-24)17-4-2-1-3-5-17/h1-7,13-14,22H,8-12H2. The van der Waals surface area contributed by atoms with Gasteiger partial charge in [-0.15, -0.1) is 0 Å². The minimum Gasteiger partial charge on any atom is -0.368 e. The number of H-pyrrole nitrogens is 1. The predicted octanol–water partition coefficient (Wildman–Crippen LogP) is 3.71. The number of carbonyl (C=O) groups is 1. The van der Waals surface area contributed by atoms with Gasteiger partial charge in [-0.2, -0.15) is 0 Å². The summed E-state index contributed by atoms with van der Waals surface area (Å²) >= 11 is 6.09. The number of nitrogens with zero attached hydrogens (tertiary/aromatic N) is 2. The largest absolute Gasteiger partial charge is 0.368 e. The second-order valence-electron chi connectivity index (χ2n) is 6.38.